The molecule has 1 amide bonds. The largest absolute Gasteiger partial charge is 0.473 e. The molecule has 124 valence electrons. The Morgan fingerprint density at radius 3 is 2.79 bits per heavy atom. The Labute approximate surface area is 142 Å². The molecule has 1 aliphatic heterocycles. The maximum atomic E-state index is 12.4. The number of carbonyl (C=O) groups is 1. The fraction of sp³-hybridized carbons (Fsp3) is 0.250. The minimum atomic E-state index is -1.07. The zero-order valence-corrected chi connectivity index (χ0v) is 13.9. The number of benzene rings is 2. The van der Waals surface area contributed by atoms with Crippen LogP contribution in [0.5, 0.6) is 5.75 Å². The number of rotatable bonds is 5. The quantitative estimate of drug-likeness (QED) is 0.677. The van der Waals surface area contributed by atoms with E-state index in [1.807, 2.05) is 61.5 Å². The van der Waals surface area contributed by atoms with Crippen LogP contribution in [0, 0.1) is 6.92 Å². The molecule has 0 bridgehead atoms. The Kier molecular flexibility index (Phi) is 4.67. The molecular formula is C20H21NO3. The van der Waals surface area contributed by atoms with Crippen LogP contribution < -0.4 is 10.2 Å². The summed E-state index contributed by atoms with van der Waals surface area (Å²) in [7, 11) is 0. The van der Waals surface area contributed by atoms with Gasteiger partial charge in [-0.15, -0.1) is 0 Å². The predicted molar refractivity (Wildman–Crippen MR) is 93.5 cm³/mol. The van der Waals surface area contributed by atoms with Crippen LogP contribution in [-0.2, 0) is 16.1 Å². The maximum Gasteiger partial charge on any atom is 0.291 e. The van der Waals surface area contributed by atoms with Gasteiger partial charge in [0.1, 0.15) is 5.75 Å². The van der Waals surface area contributed by atoms with Crippen molar-refractivity contribution in [2.75, 3.05) is 6.61 Å². The van der Waals surface area contributed by atoms with Gasteiger partial charge in [-0.2, -0.15) is 0 Å². The number of ether oxygens (including phenoxy) is 1. The first-order valence-corrected chi connectivity index (χ1v) is 8.02. The van der Waals surface area contributed by atoms with E-state index in [0.29, 0.717) is 12.4 Å². The molecule has 0 aliphatic carbocycles. The van der Waals surface area contributed by atoms with Gasteiger partial charge in [-0.25, -0.2) is 5.48 Å². The number of aryl methyl sites for hydroxylation is 1. The zero-order chi connectivity index (χ0) is 17.0. The lowest BCUT2D eigenvalue weighted by molar-refractivity contribution is -0.145. The molecule has 0 saturated heterocycles. The SMILES string of the molecule is Cc1ccc2c(c1)C=CC(C)(C(=O)NOCCc1ccccc1)O2. The standard InChI is InChI=1S/C20H21NO3/c1-15-8-9-18-17(14-15)10-12-20(2,24-18)19(22)21-23-13-11-16-6-4-3-5-7-16/h3-10,12,14H,11,13H2,1-2H3,(H,21,22). The van der Waals surface area contributed by atoms with Gasteiger partial charge in [-0.05, 0) is 44.0 Å². The Balaban J connectivity index is 1.54. The molecule has 0 spiro atoms. The van der Waals surface area contributed by atoms with Crippen molar-refractivity contribution in [3.63, 3.8) is 0 Å². The molecule has 0 fully saturated rings. The summed E-state index contributed by atoms with van der Waals surface area (Å²) in [4.78, 5) is 17.7. The molecule has 1 heterocycles. The monoisotopic (exact) mass is 323 g/mol. The maximum absolute atomic E-state index is 12.4. The fourth-order valence-electron chi connectivity index (χ4n) is 2.56. The fourth-order valence-corrected chi connectivity index (χ4v) is 2.56. The summed E-state index contributed by atoms with van der Waals surface area (Å²) in [6.45, 7) is 4.16. The smallest absolute Gasteiger partial charge is 0.291 e. The number of amides is 1. The average molecular weight is 323 g/mol. The number of fused-ring (bicyclic) bond motifs is 1. The molecule has 2 aromatic rings. The van der Waals surface area contributed by atoms with E-state index in [2.05, 4.69) is 5.48 Å². The topological polar surface area (TPSA) is 47.6 Å². The van der Waals surface area contributed by atoms with Crippen molar-refractivity contribution in [1.82, 2.24) is 5.48 Å². The number of hydroxylamine groups is 1. The lowest BCUT2D eigenvalue weighted by Gasteiger charge is -2.30. The van der Waals surface area contributed by atoms with Crippen LogP contribution in [0.25, 0.3) is 6.08 Å². The molecule has 4 nitrogen and oxygen atoms in total. The van der Waals surface area contributed by atoms with Gasteiger partial charge in [0.15, 0.2) is 0 Å². The van der Waals surface area contributed by atoms with Gasteiger partial charge in [-0.1, -0.05) is 48.0 Å². The summed E-state index contributed by atoms with van der Waals surface area (Å²) in [6.07, 6.45) is 4.40. The molecule has 1 unspecified atom stereocenters. The molecule has 24 heavy (non-hydrogen) atoms. The van der Waals surface area contributed by atoms with Gasteiger partial charge in [0.2, 0.25) is 5.60 Å². The lowest BCUT2D eigenvalue weighted by Crippen LogP contribution is -2.48. The molecule has 1 N–H and O–H groups in total. The van der Waals surface area contributed by atoms with Crippen LogP contribution in [0.2, 0.25) is 0 Å². The van der Waals surface area contributed by atoms with E-state index in [1.54, 1.807) is 13.0 Å². The highest BCUT2D eigenvalue weighted by molar-refractivity contribution is 5.89. The molecule has 1 atom stereocenters. The summed E-state index contributed by atoms with van der Waals surface area (Å²) < 4.78 is 5.87. The molecule has 0 radical (unpaired) electrons. The number of hydrogen-bond acceptors (Lipinski definition) is 3. The second kappa shape index (κ2) is 6.89. The Morgan fingerprint density at radius 1 is 1.21 bits per heavy atom. The first-order chi connectivity index (χ1) is 11.6. The van der Waals surface area contributed by atoms with Crippen LogP contribution >= 0.6 is 0 Å². The molecule has 2 aromatic carbocycles. The normalized spacial score (nSPS) is 18.6. The van der Waals surface area contributed by atoms with Crippen LogP contribution in [0.15, 0.2) is 54.6 Å². The molecular weight excluding hydrogens is 302 g/mol. The van der Waals surface area contributed by atoms with Gasteiger partial charge < -0.3 is 4.74 Å². The minimum Gasteiger partial charge on any atom is -0.473 e. The summed E-state index contributed by atoms with van der Waals surface area (Å²) >= 11 is 0. The number of carbonyl (C=O) groups excluding carboxylic acids is 1. The van der Waals surface area contributed by atoms with Gasteiger partial charge in [0.25, 0.3) is 5.91 Å². The van der Waals surface area contributed by atoms with Crippen LogP contribution in [-0.4, -0.2) is 18.1 Å². The van der Waals surface area contributed by atoms with Crippen molar-refractivity contribution in [2.45, 2.75) is 25.9 Å². The second-order valence-electron chi connectivity index (χ2n) is 6.10. The third kappa shape index (κ3) is 3.66. The van der Waals surface area contributed by atoms with E-state index in [9.17, 15) is 4.79 Å². The van der Waals surface area contributed by atoms with Crippen molar-refractivity contribution < 1.29 is 14.4 Å². The lowest BCUT2D eigenvalue weighted by atomic mass is 9.99. The third-order valence-corrected chi connectivity index (χ3v) is 4.02. The van der Waals surface area contributed by atoms with E-state index in [4.69, 9.17) is 9.57 Å². The van der Waals surface area contributed by atoms with Crippen molar-refractivity contribution in [3.05, 3.63) is 71.3 Å². The van der Waals surface area contributed by atoms with Gasteiger partial charge in [-0.3, -0.25) is 9.63 Å². The molecule has 0 saturated carbocycles. The summed E-state index contributed by atoms with van der Waals surface area (Å²) in [6, 6.07) is 15.9. The van der Waals surface area contributed by atoms with Crippen LogP contribution in [0.3, 0.4) is 0 Å². The van der Waals surface area contributed by atoms with Crippen LogP contribution in [0.1, 0.15) is 23.6 Å². The van der Waals surface area contributed by atoms with Crippen molar-refractivity contribution in [1.29, 1.82) is 0 Å². The van der Waals surface area contributed by atoms with Gasteiger partial charge in [0.05, 0.1) is 6.61 Å². The Hall–Kier alpha value is -2.59. The Morgan fingerprint density at radius 2 is 2.00 bits per heavy atom. The molecule has 4 heteroatoms. The van der Waals surface area contributed by atoms with E-state index in [1.165, 1.54) is 0 Å². The van der Waals surface area contributed by atoms with Gasteiger partial charge in [0, 0.05) is 5.56 Å². The highest BCUT2D eigenvalue weighted by Crippen LogP contribution is 2.31. The first kappa shape index (κ1) is 16.3. The van der Waals surface area contributed by atoms with Crippen molar-refractivity contribution >= 4 is 12.0 Å². The minimum absolute atomic E-state index is 0.321. The van der Waals surface area contributed by atoms with Gasteiger partial charge >= 0.3 is 0 Å². The van der Waals surface area contributed by atoms with E-state index in [0.717, 1.165) is 23.1 Å². The number of hydrogen-bond donors (Lipinski definition) is 1. The van der Waals surface area contributed by atoms with Crippen LogP contribution in [0.4, 0.5) is 0 Å². The zero-order valence-electron chi connectivity index (χ0n) is 13.9. The van der Waals surface area contributed by atoms with E-state index < -0.39 is 5.60 Å². The van der Waals surface area contributed by atoms with Crippen molar-refractivity contribution in [3.8, 4) is 5.75 Å². The van der Waals surface area contributed by atoms with E-state index >= 15 is 0 Å². The molecule has 3 rings (SSSR count). The third-order valence-electron chi connectivity index (χ3n) is 4.02. The summed E-state index contributed by atoms with van der Waals surface area (Å²) in [5, 5.41) is 0. The molecule has 0 aromatic heterocycles. The van der Waals surface area contributed by atoms with E-state index in [-0.39, 0.29) is 5.91 Å². The summed E-state index contributed by atoms with van der Waals surface area (Å²) in [5.41, 5.74) is 4.71. The summed E-state index contributed by atoms with van der Waals surface area (Å²) in [5.74, 6) is 0.378. The highest BCUT2D eigenvalue weighted by Gasteiger charge is 2.36. The first-order valence-electron chi connectivity index (χ1n) is 8.02. The highest BCUT2D eigenvalue weighted by atomic mass is 16.7. The second-order valence-corrected chi connectivity index (χ2v) is 6.10. The number of nitrogens with one attached hydrogen (secondary N) is 1. The Bertz CT molecular complexity index is 755. The predicted octanol–water partition coefficient (Wildman–Crippen LogP) is 3.45. The molecule has 1 aliphatic rings. The average Bonchev–Trinajstić information content (AvgIpc) is 2.60. The van der Waals surface area contributed by atoms with Crippen molar-refractivity contribution in [2.24, 2.45) is 0 Å².